The molecule has 0 aromatic rings. The molecule has 0 radical (unpaired) electrons. The van der Waals surface area contributed by atoms with Crippen LogP contribution in [0.4, 0.5) is 0 Å². The molecule has 4 nitrogen and oxygen atoms in total. The lowest BCUT2D eigenvalue weighted by molar-refractivity contribution is -0.123. The highest BCUT2D eigenvalue weighted by Gasteiger charge is 2.17. The first-order chi connectivity index (χ1) is 7.38. The van der Waals surface area contributed by atoms with Crippen LogP contribution in [-0.4, -0.2) is 29.7 Å². The average Bonchev–Trinajstić information content (AvgIpc) is 2.23. The molecule has 0 saturated carbocycles. The zero-order valence-corrected chi connectivity index (χ0v) is 10.9. The van der Waals surface area contributed by atoms with Gasteiger partial charge >= 0.3 is 0 Å². The molecule has 0 aliphatic carbocycles. The molecule has 0 spiro atoms. The fraction of sp³-hybridized carbons (Fsp3) is 0.917. The zero-order chi connectivity index (χ0) is 12.7. The number of rotatable bonds is 7. The Morgan fingerprint density at radius 1 is 1.38 bits per heavy atom. The highest BCUT2D eigenvalue weighted by atomic mass is 16.3. The van der Waals surface area contributed by atoms with Crippen molar-refractivity contribution in [3.8, 4) is 0 Å². The average molecular weight is 230 g/mol. The van der Waals surface area contributed by atoms with Crippen LogP contribution in [0.3, 0.4) is 0 Å². The highest BCUT2D eigenvalue weighted by molar-refractivity contribution is 5.81. The number of hydrogen-bond donors (Lipinski definition) is 3. The van der Waals surface area contributed by atoms with Gasteiger partial charge in [-0.05, 0) is 18.3 Å². The SMILES string of the molecule is CCC(C)C(O)CNC(=O)[C@@H](N)CC(C)C. The number of amides is 1. The Morgan fingerprint density at radius 2 is 1.94 bits per heavy atom. The maximum atomic E-state index is 11.5. The van der Waals surface area contributed by atoms with E-state index in [2.05, 4.69) is 5.32 Å². The van der Waals surface area contributed by atoms with E-state index in [4.69, 9.17) is 5.73 Å². The Labute approximate surface area is 98.6 Å². The minimum Gasteiger partial charge on any atom is -0.391 e. The molecule has 0 bridgehead atoms. The van der Waals surface area contributed by atoms with Crippen LogP contribution in [0.5, 0.6) is 0 Å². The van der Waals surface area contributed by atoms with Crippen LogP contribution < -0.4 is 11.1 Å². The Hall–Kier alpha value is -0.610. The summed E-state index contributed by atoms with van der Waals surface area (Å²) in [7, 11) is 0. The quantitative estimate of drug-likeness (QED) is 0.608. The summed E-state index contributed by atoms with van der Waals surface area (Å²) in [6.45, 7) is 8.33. The summed E-state index contributed by atoms with van der Waals surface area (Å²) in [6, 6.07) is -0.468. The maximum Gasteiger partial charge on any atom is 0.237 e. The van der Waals surface area contributed by atoms with Crippen molar-refractivity contribution in [3.63, 3.8) is 0 Å². The normalized spacial score (nSPS) is 16.9. The highest BCUT2D eigenvalue weighted by Crippen LogP contribution is 2.06. The summed E-state index contributed by atoms with van der Waals surface area (Å²) in [4.78, 5) is 11.5. The lowest BCUT2D eigenvalue weighted by Gasteiger charge is -2.19. The van der Waals surface area contributed by atoms with Crippen molar-refractivity contribution in [2.75, 3.05) is 6.54 Å². The van der Waals surface area contributed by atoms with Crippen LogP contribution in [-0.2, 0) is 4.79 Å². The second kappa shape index (κ2) is 7.63. The Balaban J connectivity index is 3.88. The summed E-state index contributed by atoms with van der Waals surface area (Å²) in [5.74, 6) is 0.429. The first-order valence-corrected chi connectivity index (χ1v) is 6.09. The van der Waals surface area contributed by atoms with Crippen molar-refractivity contribution in [1.29, 1.82) is 0 Å². The van der Waals surface area contributed by atoms with Crippen LogP contribution in [0, 0.1) is 11.8 Å². The molecule has 4 heteroatoms. The minimum absolute atomic E-state index is 0.170. The second-order valence-electron chi connectivity index (χ2n) is 4.93. The molecule has 0 saturated heterocycles. The fourth-order valence-corrected chi connectivity index (χ4v) is 1.42. The van der Waals surface area contributed by atoms with E-state index in [1.165, 1.54) is 0 Å². The molecule has 96 valence electrons. The molecule has 0 fully saturated rings. The van der Waals surface area contributed by atoms with E-state index in [0.717, 1.165) is 6.42 Å². The smallest absolute Gasteiger partial charge is 0.237 e. The fourth-order valence-electron chi connectivity index (χ4n) is 1.42. The first kappa shape index (κ1) is 15.4. The van der Waals surface area contributed by atoms with Gasteiger partial charge in [-0.3, -0.25) is 4.79 Å². The third kappa shape index (κ3) is 6.08. The van der Waals surface area contributed by atoms with Gasteiger partial charge in [-0.25, -0.2) is 0 Å². The van der Waals surface area contributed by atoms with Crippen molar-refractivity contribution in [3.05, 3.63) is 0 Å². The van der Waals surface area contributed by atoms with Crippen molar-refractivity contribution >= 4 is 5.91 Å². The number of carbonyl (C=O) groups is 1. The summed E-state index contributed by atoms with van der Waals surface area (Å²) in [6.07, 6.45) is 1.08. The lowest BCUT2D eigenvalue weighted by Crippen LogP contribution is -2.45. The van der Waals surface area contributed by atoms with Crippen LogP contribution in [0.15, 0.2) is 0 Å². The van der Waals surface area contributed by atoms with Gasteiger partial charge in [-0.1, -0.05) is 34.1 Å². The van der Waals surface area contributed by atoms with Gasteiger partial charge in [0, 0.05) is 6.54 Å². The van der Waals surface area contributed by atoms with E-state index in [0.29, 0.717) is 18.9 Å². The number of hydrogen-bond acceptors (Lipinski definition) is 3. The van der Waals surface area contributed by atoms with Crippen LogP contribution in [0.25, 0.3) is 0 Å². The van der Waals surface area contributed by atoms with E-state index in [1.54, 1.807) is 0 Å². The number of aliphatic hydroxyl groups is 1. The number of nitrogens with two attached hydrogens (primary N) is 1. The minimum atomic E-state index is -0.486. The summed E-state index contributed by atoms with van der Waals surface area (Å²) in [5.41, 5.74) is 5.72. The molecule has 3 atom stereocenters. The van der Waals surface area contributed by atoms with Gasteiger partial charge in [-0.15, -0.1) is 0 Å². The van der Waals surface area contributed by atoms with Crippen molar-refractivity contribution in [2.24, 2.45) is 17.6 Å². The van der Waals surface area contributed by atoms with Gasteiger partial charge in [-0.2, -0.15) is 0 Å². The van der Waals surface area contributed by atoms with Gasteiger partial charge in [0.2, 0.25) is 5.91 Å². The van der Waals surface area contributed by atoms with Gasteiger partial charge < -0.3 is 16.2 Å². The van der Waals surface area contributed by atoms with E-state index >= 15 is 0 Å². The van der Waals surface area contributed by atoms with Crippen LogP contribution in [0.2, 0.25) is 0 Å². The monoisotopic (exact) mass is 230 g/mol. The number of carbonyl (C=O) groups excluding carboxylic acids is 1. The molecule has 0 heterocycles. The zero-order valence-electron chi connectivity index (χ0n) is 10.9. The predicted octanol–water partition coefficient (Wildman–Crippen LogP) is 0.883. The van der Waals surface area contributed by atoms with Gasteiger partial charge in [0.25, 0.3) is 0 Å². The van der Waals surface area contributed by atoms with Crippen molar-refractivity contribution < 1.29 is 9.90 Å². The van der Waals surface area contributed by atoms with Crippen molar-refractivity contribution in [2.45, 2.75) is 52.7 Å². The van der Waals surface area contributed by atoms with Crippen LogP contribution >= 0.6 is 0 Å². The van der Waals surface area contributed by atoms with E-state index in [-0.39, 0.29) is 11.8 Å². The molecular weight excluding hydrogens is 204 g/mol. The molecule has 1 amide bonds. The van der Waals surface area contributed by atoms with Gasteiger partial charge in [0.1, 0.15) is 0 Å². The Bertz CT molecular complexity index is 207. The molecule has 16 heavy (non-hydrogen) atoms. The molecule has 0 aromatic carbocycles. The standard InChI is InChI=1S/C12H26N2O2/c1-5-9(4)11(15)7-14-12(16)10(13)6-8(2)3/h8-11,15H,5-7,13H2,1-4H3,(H,14,16)/t9?,10-,11?/m0/s1. The first-order valence-electron chi connectivity index (χ1n) is 6.09. The Kier molecular flexibility index (Phi) is 7.34. The third-order valence-corrected chi connectivity index (χ3v) is 2.85. The molecule has 2 unspecified atom stereocenters. The van der Waals surface area contributed by atoms with Crippen LogP contribution in [0.1, 0.15) is 40.5 Å². The largest absolute Gasteiger partial charge is 0.391 e. The molecule has 0 aliphatic rings. The van der Waals surface area contributed by atoms with Gasteiger partial charge in [0.05, 0.1) is 12.1 Å². The maximum absolute atomic E-state index is 11.5. The molecule has 0 rings (SSSR count). The summed E-state index contributed by atoms with van der Waals surface area (Å²) in [5, 5.41) is 12.4. The summed E-state index contributed by atoms with van der Waals surface area (Å²) < 4.78 is 0. The second-order valence-corrected chi connectivity index (χ2v) is 4.93. The lowest BCUT2D eigenvalue weighted by atomic mass is 10.0. The topological polar surface area (TPSA) is 75.3 Å². The van der Waals surface area contributed by atoms with E-state index in [1.807, 2.05) is 27.7 Å². The molecule has 4 N–H and O–H groups in total. The summed E-state index contributed by atoms with van der Waals surface area (Å²) >= 11 is 0. The van der Waals surface area contributed by atoms with E-state index < -0.39 is 12.1 Å². The number of aliphatic hydroxyl groups excluding tert-OH is 1. The van der Waals surface area contributed by atoms with E-state index in [9.17, 15) is 9.90 Å². The molecular formula is C12H26N2O2. The Morgan fingerprint density at radius 3 is 2.38 bits per heavy atom. The number of nitrogens with one attached hydrogen (secondary N) is 1. The third-order valence-electron chi connectivity index (χ3n) is 2.85. The predicted molar refractivity (Wildman–Crippen MR) is 65.9 cm³/mol. The van der Waals surface area contributed by atoms with Gasteiger partial charge in [0.15, 0.2) is 0 Å². The molecule has 0 aliphatic heterocycles. The molecule has 0 aromatic heterocycles. The van der Waals surface area contributed by atoms with Crippen molar-refractivity contribution in [1.82, 2.24) is 5.32 Å².